The van der Waals surface area contributed by atoms with Crippen LogP contribution in [0.1, 0.15) is 17.2 Å². The minimum absolute atomic E-state index is 0.420. The molecule has 0 saturated heterocycles. The summed E-state index contributed by atoms with van der Waals surface area (Å²) in [7, 11) is 0. The Bertz CT molecular complexity index is 634. The van der Waals surface area contributed by atoms with Gasteiger partial charge in [-0.05, 0) is 36.2 Å². The van der Waals surface area contributed by atoms with Gasteiger partial charge >= 0.3 is 0 Å². The highest BCUT2D eigenvalue weighted by molar-refractivity contribution is 5.53. The molecular weight excluding hydrogens is 243 g/mol. The molecule has 0 aliphatic heterocycles. The van der Waals surface area contributed by atoms with Gasteiger partial charge in [0, 0.05) is 5.69 Å². The molecule has 0 amide bonds. The standard InChI is InChI=1S/C15H13FN2O/c1-10-4-2-3-5-13(10)18-14(9-17)11-6-7-15(19)12(16)8-11/h2-8,14,18-19H,1H3. The van der Waals surface area contributed by atoms with E-state index >= 15 is 0 Å². The third-order valence-corrected chi connectivity index (χ3v) is 2.88. The Morgan fingerprint density at radius 1 is 1.26 bits per heavy atom. The molecule has 0 aromatic heterocycles. The van der Waals surface area contributed by atoms with Gasteiger partial charge in [0.15, 0.2) is 11.6 Å². The van der Waals surface area contributed by atoms with Crippen LogP contribution in [0.3, 0.4) is 0 Å². The summed E-state index contributed by atoms with van der Waals surface area (Å²) in [4.78, 5) is 0. The SMILES string of the molecule is Cc1ccccc1NC(C#N)c1ccc(O)c(F)c1. The lowest BCUT2D eigenvalue weighted by Crippen LogP contribution is -2.09. The number of para-hydroxylation sites is 1. The van der Waals surface area contributed by atoms with Gasteiger partial charge in [-0.3, -0.25) is 0 Å². The van der Waals surface area contributed by atoms with Crippen LogP contribution in [0.15, 0.2) is 42.5 Å². The van der Waals surface area contributed by atoms with Crippen LogP contribution in [0.4, 0.5) is 10.1 Å². The fourth-order valence-corrected chi connectivity index (χ4v) is 1.78. The Hall–Kier alpha value is -2.54. The Balaban J connectivity index is 2.28. The Morgan fingerprint density at radius 2 is 2.00 bits per heavy atom. The topological polar surface area (TPSA) is 56.0 Å². The molecule has 0 aliphatic rings. The zero-order valence-electron chi connectivity index (χ0n) is 10.4. The van der Waals surface area contributed by atoms with Gasteiger partial charge in [-0.1, -0.05) is 24.3 Å². The molecule has 0 radical (unpaired) electrons. The van der Waals surface area contributed by atoms with Crippen molar-refractivity contribution in [2.24, 2.45) is 0 Å². The number of phenolic OH excluding ortho intramolecular Hbond substituents is 1. The molecule has 4 heteroatoms. The van der Waals surface area contributed by atoms with E-state index in [9.17, 15) is 9.65 Å². The first-order valence-corrected chi connectivity index (χ1v) is 5.82. The smallest absolute Gasteiger partial charge is 0.165 e. The van der Waals surface area contributed by atoms with Gasteiger partial charge in [0.1, 0.15) is 6.04 Å². The second kappa shape index (κ2) is 5.40. The first-order chi connectivity index (χ1) is 9.11. The molecule has 2 N–H and O–H groups in total. The molecule has 0 heterocycles. The molecule has 0 aliphatic carbocycles. The maximum absolute atomic E-state index is 13.3. The normalized spacial score (nSPS) is 11.6. The monoisotopic (exact) mass is 256 g/mol. The zero-order valence-corrected chi connectivity index (χ0v) is 10.4. The number of nitriles is 1. The van der Waals surface area contributed by atoms with Crippen LogP contribution in [-0.2, 0) is 0 Å². The Kier molecular flexibility index (Phi) is 3.67. The summed E-state index contributed by atoms with van der Waals surface area (Å²) in [5.74, 6) is -1.15. The third-order valence-electron chi connectivity index (χ3n) is 2.88. The van der Waals surface area contributed by atoms with E-state index in [4.69, 9.17) is 5.11 Å². The summed E-state index contributed by atoms with van der Waals surface area (Å²) < 4.78 is 13.3. The lowest BCUT2D eigenvalue weighted by atomic mass is 10.1. The Labute approximate surface area is 110 Å². The van der Waals surface area contributed by atoms with Crippen LogP contribution in [-0.4, -0.2) is 5.11 Å². The number of rotatable bonds is 3. The summed E-state index contributed by atoms with van der Waals surface area (Å²) >= 11 is 0. The number of halogens is 1. The minimum atomic E-state index is -0.732. The second-order valence-electron chi connectivity index (χ2n) is 4.23. The van der Waals surface area contributed by atoms with Crippen molar-refractivity contribution in [3.8, 4) is 11.8 Å². The number of phenols is 1. The fraction of sp³-hybridized carbons (Fsp3) is 0.133. The number of benzene rings is 2. The van der Waals surface area contributed by atoms with Crippen LogP contribution < -0.4 is 5.32 Å². The molecule has 2 aromatic carbocycles. The van der Waals surface area contributed by atoms with Crippen molar-refractivity contribution in [3.05, 3.63) is 59.4 Å². The number of hydrogen-bond acceptors (Lipinski definition) is 3. The zero-order chi connectivity index (χ0) is 13.8. The van der Waals surface area contributed by atoms with E-state index in [-0.39, 0.29) is 0 Å². The van der Waals surface area contributed by atoms with Crippen molar-refractivity contribution in [2.75, 3.05) is 5.32 Å². The molecule has 0 spiro atoms. The van der Waals surface area contributed by atoms with E-state index < -0.39 is 17.6 Å². The van der Waals surface area contributed by atoms with Crippen molar-refractivity contribution in [1.29, 1.82) is 5.26 Å². The molecule has 2 rings (SSSR count). The number of hydrogen-bond donors (Lipinski definition) is 2. The van der Waals surface area contributed by atoms with E-state index in [0.29, 0.717) is 5.56 Å². The van der Waals surface area contributed by atoms with Crippen molar-refractivity contribution < 1.29 is 9.50 Å². The molecule has 1 atom stereocenters. The highest BCUT2D eigenvalue weighted by atomic mass is 19.1. The fourth-order valence-electron chi connectivity index (χ4n) is 1.78. The average molecular weight is 256 g/mol. The largest absolute Gasteiger partial charge is 0.505 e. The van der Waals surface area contributed by atoms with Crippen LogP contribution >= 0.6 is 0 Å². The number of nitrogens with one attached hydrogen (secondary N) is 1. The van der Waals surface area contributed by atoms with Crippen LogP contribution in [0.25, 0.3) is 0 Å². The molecule has 96 valence electrons. The van der Waals surface area contributed by atoms with Crippen LogP contribution in [0, 0.1) is 24.1 Å². The van der Waals surface area contributed by atoms with E-state index in [1.54, 1.807) is 0 Å². The summed E-state index contributed by atoms with van der Waals surface area (Å²) in [5.41, 5.74) is 2.30. The van der Waals surface area contributed by atoms with E-state index in [1.807, 2.05) is 31.2 Å². The maximum Gasteiger partial charge on any atom is 0.165 e. The summed E-state index contributed by atoms with van der Waals surface area (Å²) in [6.45, 7) is 1.92. The highest BCUT2D eigenvalue weighted by Gasteiger charge is 2.13. The molecule has 2 aromatic rings. The summed E-state index contributed by atoms with van der Waals surface area (Å²) in [6, 6.07) is 12.9. The molecule has 19 heavy (non-hydrogen) atoms. The number of anilines is 1. The van der Waals surface area contributed by atoms with Gasteiger partial charge in [0.2, 0.25) is 0 Å². The Morgan fingerprint density at radius 3 is 2.63 bits per heavy atom. The van der Waals surface area contributed by atoms with Crippen molar-refractivity contribution in [1.82, 2.24) is 0 Å². The predicted octanol–water partition coefficient (Wildman–Crippen LogP) is 3.52. The number of aromatic hydroxyl groups is 1. The maximum atomic E-state index is 13.3. The lowest BCUT2D eigenvalue weighted by molar-refractivity contribution is 0.431. The molecule has 1 unspecified atom stereocenters. The number of nitrogens with zero attached hydrogens (tertiary/aromatic N) is 1. The van der Waals surface area contributed by atoms with E-state index in [2.05, 4.69) is 11.4 Å². The van der Waals surface area contributed by atoms with Gasteiger partial charge in [0.05, 0.1) is 6.07 Å². The molecule has 0 bridgehead atoms. The van der Waals surface area contributed by atoms with Crippen molar-refractivity contribution >= 4 is 5.69 Å². The predicted molar refractivity (Wildman–Crippen MR) is 71.2 cm³/mol. The second-order valence-corrected chi connectivity index (χ2v) is 4.23. The quantitative estimate of drug-likeness (QED) is 0.883. The van der Waals surface area contributed by atoms with E-state index in [0.717, 1.165) is 17.3 Å². The van der Waals surface area contributed by atoms with Crippen molar-refractivity contribution in [3.63, 3.8) is 0 Å². The first kappa shape index (κ1) is 12.9. The summed E-state index contributed by atoms with van der Waals surface area (Å²) in [6.07, 6.45) is 0. The van der Waals surface area contributed by atoms with Gasteiger partial charge < -0.3 is 10.4 Å². The minimum Gasteiger partial charge on any atom is -0.505 e. The molecule has 0 saturated carbocycles. The van der Waals surface area contributed by atoms with Crippen LogP contribution in [0.5, 0.6) is 5.75 Å². The molecule has 0 fully saturated rings. The van der Waals surface area contributed by atoms with Crippen molar-refractivity contribution in [2.45, 2.75) is 13.0 Å². The number of aryl methyl sites for hydroxylation is 1. The third kappa shape index (κ3) is 2.83. The van der Waals surface area contributed by atoms with Gasteiger partial charge in [-0.25, -0.2) is 4.39 Å². The van der Waals surface area contributed by atoms with E-state index in [1.165, 1.54) is 12.1 Å². The molecular formula is C15H13FN2O. The van der Waals surface area contributed by atoms with Gasteiger partial charge in [0.25, 0.3) is 0 Å². The van der Waals surface area contributed by atoms with Gasteiger partial charge in [-0.2, -0.15) is 5.26 Å². The highest BCUT2D eigenvalue weighted by Crippen LogP contribution is 2.25. The lowest BCUT2D eigenvalue weighted by Gasteiger charge is -2.15. The first-order valence-electron chi connectivity index (χ1n) is 5.82. The average Bonchev–Trinajstić information content (AvgIpc) is 2.41. The molecule has 3 nitrogen and oxygen atoms in total. The summed E-state index contributed by atoms with van der Waals surface area (Å²) in [5, 5.41) is 21.4. The van der Waals surface area contributed by atoms with Gasteiger partial charge in [-0.15, -0.1) is 0 Å². The van der Waals surface area contributed by atoms with Crippen LogP contribution in [0.2, 0.25) is 0 Å².